The number of hydrogen-bond donors (Lipinski definition) is 0. The van der Waals surface area contributed by atoms with Gasteiger partial charge in [0, 0.05) is 18.1 Å². The number of carbonyl (C=O) groups excluding carboxylic acids is 1. The zero-order chi connectivity index (χ0) is 26.5. The maximum Gasteiger partial charge on any atom is 0.338 e. The Bertz CT molecular complexity index is 1460. The van der Waals surface area contributed by atoms with E-state index in [2.05, 4.69) is 31.3 Å². The fourth-order valence-corrected chi connectivity index (χ4v) is 4.57. The Morgan fingerprint density at radius 2 is 1.92 bits per heavy atom. The highest BCUT2D eigenvalue weighted by Crippen LogP contribution is 2.37. The third kappa shape index (κ3) is 5.63. The fraction of sp³-hybridized carbons (Fsp3) is 0.259. The van der Waals surface area contributed by atoms with Crippen LogP contribution in [0.5, 0.6) is 0 Å². The van der Waals surface area contributed by atoms with Gasteiger partial charge in [0.05, 0.1) is 17.0 Å². The van der Waals surface area contributed by atoms with Crippen molar-refractivity contribution in [2.75, 3.05) is 18.0 Å². The lowest BCUT2D eigenvalue weighted by atomic mass is 9.75. The van der Waals surface area contributed by atoms with Gasteiger partial charge in [0.15, 0.2) is 18.1 Å². The van der Waals surface area contributed by atoms with Crippen molar-refractivity contribution in [2.45, 2.75) is 25.9 Å². The summed E-state index contributed by atoms with van der Waals surface area (Å²) in [6.45, 7) is 1.08. The van der Waals surface area contributed by atoms with Gasteiger partial charge in [-0.15, -0.1) is 10.2 Å². The maximum absolute atomic E-state index is 13.4. The van der Waals surface area contributed by atoms with Crippen LogP contribution in [0.4, 0.5) is 10.2 Å². The van der Waals surface area contributed by atoms with Gasteiger partial charge in [-0.1, -0.05) is 41.0 Å². The lowest BCUT2D eigenvalue weighted by Crippen LogP contribution is -2.41. The normalized spacial score (nSPS) is 14.6. The first-order chi connectivity index (χ1) is 18.4. The van der Waals surface area contributed by atoms with Crippen LogP contribution in [0, 0.1) is 22.6 Å². The van der Waals surface area contributed by atoms with E-state index in [-0.39, 0.29) is 18.3 Å². The number of carbonyl (C=O) groups is 1. The molecule has 0 spiro atoms. The van der Waals surface area contributed by atoms with Gasteiger partial charge in [-0.05, 0) is 61.2 Å². The highest BCUT2D eigenvalue weighted by molar-refractivity contribution is 6.31. The maximum atomic E-state index is 13.4. The largest absolute Gasteiger partial charge is 0.454 e. The Hall–Kier alpha value is -4.36. The van der Waals surface area contributed by atoms with E-state index in [1.54, 1.807) is 42.5 Å². The van der Waals surface area contributed by atoms with Gasteiger partial charge in [-0.2, -0.15) is 10.2 Å². The Labute approximate surface area is 222 Å². The molecule has 192 valence electrons. The number of nitriles is 1. The minimum atomic E-state index is -0.588. The summed E-state index contributed by atoms with van der Waals surface area (Å²) < 4.78 is 23.9. The van der Waals surface area contributed by atoms with Crippen LogP contribution < -0.4 is 4.90 Å². The minimum Gasteiger partial charge on any atom is -0.454 e. The third-order valence-electron chi connectivity index (χ3n) is 6.51. The van der Waals surface area contributed by atoms with Crippen LogP contribution in [0.1, 0.15) is 34.6 Å². The zero-order valence-corrected chi connectivity index (χ0v) is 20.9. The Morgan fingerprint density at radius 3 is 2.61 bits per heavy atom. The van der Waals surface area contributed by atoms with Gasteiger partial charge >= 0.3 is 5.97 Å². The number of halogens is 2. The number of esters is 1. The number of anilines is 1. The molecule has 0 aliphatic carbocycles. The molecule has 5 rings (SSSR count). The van der Waals surface area contributed by atoms with E-state index >= 15 is 0 Å². The van der Waals surface area contributed by atoms with Crippen LogP contribution in [0.3, 0.4) is 0 Å². The molecule has 1 aliphatic heterocycles. The molecule has 0 radical (unpaired) electrons. The average molecular weight is 533 g/mol. The molecule has 2 aromatic heterocycles. The van der Waals surface area contributed by atoms with Crippen LogP contribution >= 0.6 is 11.6 Å². The molecule has 0 atom stereocenters. The average Bonchev–Trinajstić information content (AvgIpc) is 3.43. The molecule has 4 aromatic rings. The molecule has 0 saturated carbocycles. The Balaban J connectivity index is 1.18. The predicted molar refractivity (Wildman–Crippen MR) is 135 cm³/mol. The van der Waals surface area contributed by atoms with Gasteiger partial charge in [0.1, 0.15) is 5.82 Å². The van der Waals surface area contributed by atoms with Gasteiger partial charge in [-0.25, -0.2) is 9.18 Å². The van der Waals surface area contributed by atoms with Crippen molar-refractivity contribution in [2.24, 2.45) is 5.41 Å². The Morgan fingerprint density at radius 1 is 1.13 bits per heavy atom. The summed E-state index contributed by atoms with van der Waals surface area (Å²) in [7, 11) is 0. The highest BCUT2D eigenvalue weighted by atomic mass is 35.5. The summed E-state index contributed by atoms with van der Waals surface area (Å²) in [5.74, 6) is 0.152. The second kappa shape index (κ2) is 10.9. The molecular formula is C27H22ClFN6O3. The highest BCUT2D eigenvalue weighted by Gasteiger charge is 2.36. The summed E-state index contributed by atoms with van der Waals surface area (Å²) >= 11 is 6.20. The number of rotatable bonds is 7. The first kappa shape index (κ1) is 25.3. The first-order valence-corrected chi connectivity index (χ1v) is 12.3. The summed E-state index contributed by atoms with van der Waals surface area (Å²) in [6, 6.07) is 18.9. The SMILES string of the molecule is N#CC1(Cc2ccc(F)cc2Cl)CCN(c2ccc(-c3nc(COC(=O)c4ccccc4)no3)nn2)CC1. The molecule has 0 amide bonds. The van der Waals surface area contributed by atoms with E-state index in [4.69, 9.17) is 20.9 Å². The van der Waals surface area contributed by atoms with Crippen molar-refractivity contribution in [3.05, 3.63) is 88.5 Å². The molecule has 0 bridgehead atoms. The third-order valence-corrected chi connectivity index (χ3v) is 6.86. The second-order valence-electron chi connectivity index (χ2n) is 9.03. The van der Waals surface area contributed by atoms with Gasteiger partial charge in [-0.3, -0.25) is 0 Å². The van der Waals surface area contributed by atoms with Crippen LogP contribution in [0.25, 0.3) is 11.6 Å². The van der Waals surface area contributed by atoms with Crippen molar-refractivity contribution in [3.63, 3.8) is 0 Å². The lowest BCUT2D eigenvalue weighted by Gasteiger charge is -2.38. The number of hydrogen-bond acceptors (Lipinski definition) is 9. The van der Waals surface area contributed by atoms with E-state index < -0.39 is 17.2 Å². The number of aromatic nitrogens is 4. The number of nitrogens with zero attached hydrogens (tertiary/aromatic N) is 6. The summed E-state index contributed by atoms with van der Waals surface area (Å²) in [4.78, 5) is 18.4. The van der Waals surface area contributed by atoms with Crippen molar-refractivity contribution in [1.82, 2.24) is 20.3 Å². The van der Waals surface area contributed by atoms with Crippen LogP contribution in [0.15, 0.2) is 65.2 Å². The smallest absolute Gasteiger partial charge is 0.338 e. The van der Waals surface area contributed by atoms with E-state index in [1.807, 2.05) is 6.07 Å². The van der Waals surface area contributed by atoms with Crippen LogP contribution in [0.2, 0.25) is 5.02 Å². The standard InChI is InChI=1S/C27H22ClFN6O3/c28-21-14-20(29)7-6-19(21)15-27(17-30)10-12-35(13-11-27)24-9-8-22(32-33-24)25-31-23(34-38-25)16-37-26(36)18-4-2-1-3-5-18/h1-9,14H,10-13,15-16H2. The molecule has 1 aliphatic rings. The van der Waals surface area contributed by atoms with Crippen molar-refractivity contribution in [1.29, 1.82) is 5.26 Å². The zero-order valence-electron chi connectivity index (χ0n) is 20.2. The van der Waals surface area contributed by atoms with Gasteiger partial charge in [0.25, 0.3) is 5.89 Å². The molecule has 1 fully saturated rings. The molecule has 0 unspecified atom stereocenters. The van der Waals surface area contributed by atoms with Crippen molar-refractivity contribution < 1.29 is 18.4 Å². The van der Waals surface area contributed by atoms with E-state index in [9.17, 15) is 14.4 Å². The molecule has 1 saturated heterocycles. The first-order valence-electron chi connectivity index (χ1n) is 11.9. The molecule has 2 aromatic carbocycles. The van der Waals surface area contributed by atoms with Crippen LogP contribution in [-0.2, 0) is 17.8 Å². The fourth-order valence-electron chi connectivity index (χ4n) is 4.33. The molecule has 9 nitrogen and oxygen atoms in total. The van der Waals surface area contributed by atoms with E-state index in [0.29, 0.717) is 54.4 Å². The molecule has 0 N–H and O–H groups in total. The van der Waals surface area contributed by atoms with Gasteiger partial charge < -0.3 is 14.2 Å². The van der Waals surface area contributed by atoms with Gasteiger partial charge in [0.2, 0.25) is 5.82 Å². The summed E-state index contributed by atoms with van der Waals surface area (Å²) in [6.07, 6.45) is 1.67. The summed E-state index contributed by atoms with van der Waals surface area (Å²) in [5.41, 5.74) is 0.994. The molecule has 11 heteroatoms. The van der Waals surface area contributed by atoms with Crippen LogP contribution in [-0.4, -0.2) is 39.4 Å². The monoisotopic (exact) mass is 532 g/mol. The minimum absolute atomic E-state index is 0.139. The number of ether oxygens (including phenoxy) is 1. The quantitative estimate of drug-likeness (QED) is 0.302. The second-order valence-corrected chi connectivity index (χ2v) is 9.43. The Kier molecular flexibility index (Phi) is 7.29. The van der Waals surface area contributed by atoms with E-state index in [1.165, 1.54) is 12.1 Å². The van der Waals surface area contributed by atoms with E-state index in [0.717, 1.165) is 5.56 Å². The van der Waals surface area contributed by atoms with Crippen molar-refractivity contribution in [3.8, 4) is 17.7 Å². The predicted octanol–water partition coefficient (Wildman–Crippen LogP) is 5.03. The lowest BCUT2D eigenvalue weighted by molar-refractivity contribution is 0.0459. The molecule has 38 heavy (non-hydrogen) atoms. The number of benzene rings is 2. The topological polar surface area (TPSA) is 118 Å². The summed E-state index contributed by atoms with van der Waals surface area (Å²) in [5, 5.41) is 22.6. The molecule has 3 heterocycles. The van der Waals surface area contributed by atoms with Crippen molar-refractivity contribution >= 4 is 23.4 Å². The number of piperidine rings is 1. The molecular weight excluding hydrogens is 511 g/mol.